The molecular formula is C26H19N2NaO6S. The fraction of sp³-hybridized carbons (Fsp3) is 0.154. The van der Waals surface area contributed by atoms with Gasteiger partial charge >= 0.3 is 29.6 Å². The van der Waals surface area contributed by atoms with Gasteiger partial charge in [0.05, 0.1) is 24.8 Å². The zero-order valence-corrected chi connectivity index (χ0v) is 22.5. The molecule has 0 radical (unpaired) electrons. The van der Waals surface area contributed by atoms with Crippen LogP contribution in [0.2, 0.25) is 0 Å². The summed E-state index contributed by atoms with van der Waals surface area (Å²) in [4.78, 5) is 26.3. The van der Waals surface area contributed by atoms with Crippen LogP contribution in [0.4, 0.5) is 0 Å². The molecular weight excluding hydrogens is 491 g/mol. The molecule has 0 atom stereocenters. The van der Waals surface area contributed by atoms with Crippen LogP contribution in [0.5, 0.6) is 17.2 Å². The summed E-state index contributed by atoms with van der Waals surface area (Å²) < 4.78 is 24.7. The Balaban J connectivity index is 0.00000304. The van der Waals surface area contributed by atoms with Gasteiger partial charge in [0.2, 0.25) is 0 Å². The molecule has 0 saturated carbocycles. The first-order chi connectivity index (χ1) is 17.0. The first-order valence-electron chi connectivity index (χ1n) is 10.8. The van der Waals surface area contributed by atoms with E-state index in [2.05, 4.69) is 8.75 Å². The van der Waals surface area contributed by atoms with Crippen molar-refractivity contribution < 1.29 is 58.5 Å². The maximum Gasteiger partial charge on any atom is 1.00 e. The SMILES string of the molecule is COc1ccc(CC(C(=O)c2ccc3c(c2)OCCO3)=C(C(=O)[O-])c2ccc3nsnc3c2)cc1.[Na+]. The summed E-state index contributed by atoms with van der Waals surface area (Å²) in [6.07, 6.45) is 0.0634. The number of carbonyl (C=O) groups is 2. The fourth-order valence-electron chi connectivity index (χ4n) is 3.94. The number of ketones is 1. The van der Waals surface area contributed by atoms with Crippen LogP contribution in [-0.4, -0.2) is 40.8 Å². The number of ether oxygens (including phenoxy) is 3. The van der Waals surface area contributed by atoms with Crippen molar-refractivity contribution >= 4 is 40.1 Å². The van der Waals surface area contributed by atoms with Gasteiger partial charge in [0.1, 0.15) is 30.0 Å². The van der Waals surface area contributed by atoms with Crippen LogP contribution in [0.1, 0.15) is 21.5 Å². The second-order valence-electron chi connectivity index (χ2n) is 7.82. The van der Waals surface area contributed by atoms with Crippen molar-refractivity contribution in [3.05, 3.63) is 82.9 Å². The van der Waals surface area contributed by atoms with Crippen LogP contribution in [0.25, 0.3) is 16.6 Å². The van der Waals surface area contributed by atoms with E-state index in [9.17, 15) is 14.7 Å². The second kappa shape index (κ2) is 11.2. The Labute approximate surface area is 233 Å². The predicted octanol–water partition coefficient (Wildman–Crippen LogP) is 0.104. The molecule has 0 amide bonds. The van der Waals surface area contributed by atoms with Gasteiger partial charge in [0.25, 0.3) is 0 Å². The minimum Gasteiger partial charge on any atom is -0.545 e. The van der Waals surface area contributed by atoms with Gasteiger partial charge in [-0.15, -0.1) is 0 Å². The van der Waals surface area contributed by atoms with E-state index in [1.165, 1.54) is 0 Å². The number of carboxylic acids is 1. The number of hydrogen-bond acceptors (Lipinski definition) is 9. The molecule has 10 heteroatoms. The Morgan fingerprint density at radius 2 is 1.61 bits per heavy atom. The van der Waals surface area contributed by atoms with E-state index in [4.69, 9.17) is 14.2 Å². The monoisotopic (exact) mass is 510 g/mol. The Morgan fingerprint density at radius 3 is 2.33 bits per heavy atom. The molecule has 0 fully saturated rings. The minimum atomic E-state index is -1.46. The van der Waals surface area contributed by atoms with Gasteiger partial charge in [-0.1, -0.05) is 18.2 Å². The van der Waals surface area contributed by atoms with Gasteiger partial charge in [0.15, 0.2) is 17.3 Å². The van der Waals surface area contributed by atoms with E-state index in [1.54, 1.807) is 67.8 Å². The zero-order chi connectivity index (χ0) is 24.4. The number of carboxylic acid groups (broad SMARTS) is 1. The molecule has 5 rings (SSSR count). The summed E-state index contributed by atoms with van der Waals surface area (Å²) in [7, 11) is 1.56. The number of aliphatic carboxylic acids is 1. The fourth-order valence-corrected chi connectivity index (χ4v) is 4.46. The van der Waals surface area contributed by atoms with Gasteiger partial charge in [-0.25, -0.2) is 0 Å². The van der Waals surface area contributed by atoms with Gasteiger partial charge in [-0.3, -0.25) is 4.79 Å². The van der Waals surface area contributed by atoms with Crippen molar-refractivity contribution in [1.82, 2.24) is 8.75 Å². The summed E-state index contributed by atoms with van der Waals surface area (Å²) in [5, 5.41) is 12.5. The zero-order valence-electron chi connectivity index (χ0n) is 19.6. The molecule has 3 aromatic carbocycles. The molecule has 0 aliphatic carbocycles. The number of aromatic nitrogens is 2. The van der Waals surface area contributed by atoms with Gasteiger partial charge < -0.3 is 24.1 Å². The van der Waals surface area contributed by atoms with Gasteiger partial charge in [0, 0.05) is 23.1 Å². The molecule has 0 N–H and O–H groups in total. The number of fused-ring (bicyclic) bond motifs is 2. The largest absolute Gasteiger partial charge is 1.00 e. The molecule has 0 bridgehead atoms. The quantitative estimate of drug-likeness (QED) is 0.196. The van der Waals surface area contributed by atoms with Crippen molar-refractivity contribution in [3.63, 3.8) is 0 Å². The van der Waals surface area contributed by atoms with E-state index in [1.807, 2.05) is 0 Å². The van der Waals surface area contributed by atoms with Crippen LogP contribution < -0.4 is 48.9 Å². The minimum absolute atomic E-state index is 0. The van der Waals surface area contributed by atoms with Crippen molar-refractivity contribution in [2.45, 2.75) is 6.42 Å². The first kappa shape index (κ1) is 25.8. The van der Waals surface area contributed by atoms with E-state index in [0.717, 1.165) is 17.3 Å². The van der Waals surface area contributed by atoms with E-state index >= 15 is 0 Å². The molecule has 1 aliphatic rings. The number of allylic oxidation sites excluding steroid dienone is 1. The average molecular weight is 511 g/mol. The van der Waals surface area contributed by atoms with Crippen LogP contribution in [0.15, 0.2) is 66.2 Å². The summed E-state index contributed by atoms with van der Waals surface area (Å²) in [5.41, 5.74) is 2.41. The summed E-state index contributed by atoms with van der Waals surface area (Å²) >= 11 is 1.03. The molecule has 0 saturated heterocycles. The number of Topliss-reactive ketones (excluding diaryl/α,β-unsaturated/α-hetero) is 1. The summed E-state index contributed by atoms with van der Waals surface area (Å²) in [5.74, 6) is -0.277. The van der Waals surface area contributed by atoms with Crippen molar-refractivity contribution in [1.29, 1.82) is 0 Å². The molecule has 0 spiro atoms. The molecule has 8 nitrogen and oxygen atoms in total. The van der Waals surface area contributed by atoms with Gasteiger partial charge in [-0.05, 0) is 53.6 Å². The number of nitrogens with zero attached hydrogens (tertiary/aromatic N) is 2. The molecule has 176 valence electrons. The smallest absolute Gasteiger partial charge is 0.545 e. The molecule has 4 aromatic rings. The van der Waals surface area contributed by atoms with Crippen molar-refractivity contribution in [3.8, 4) is 17.2 Å². The third-order valence-electron chi connectivity index (χ3n) is 5.67. The number of methoxy groups -OCH3 is 1. The predicted molar refractivity (Wildman–Crippen MR) is 128 cm³/mol. The van der Waals surface area contributed by atoms with Gasteiger partial charge in [-0.2, -0.15) is 8.75 Å². The first-order valence-corrected chi connectivity index (χ1v) is 11.5. The topological polar surface area (TPSA) is 111 Å². The van der Waals surface area contributed by atoms with Crippen LogP contribution in [0.3, 0.4) is 0 Å². The third kappa shape index (κ3) is 5.29. The Bertz CT molecular complexity index is 1470. The average Bonchev–Trinajstić information content (AvgIpc) is 3.36. The molecule has 2 heterocycles. The molecule has 0 unspecified atom stereocenters. The van der Waals surface area contributed by atoms with Crippen LogP contribution in [0, 0.1) is 0 Å². The van der Waals surface area contributed by atoms with Crippen molar-refractivity contribution in [2.24, 2.45) is 0 Å². The summed E-state index contributed by atoms with van der Waals surface area (Å²) in [6.45, 7) is 0.789. The van der Waals surface area contributed by atoms with Crippen LogP contribution in [-0.2, 0) is 11.2 Å². The molecule has 1 aromatic heterocycles. The van der Waals surface area contributed by atoms with Crippen molar-refractivity contribution in [2.75, 3.05) is 20.3 Å². The number of hydrogen-bond donors (Lipinski definition) is 0. The Morgan fingerprint density at radius 1 is 0.917 bits per heavy atom. The number of rotatable bonds is 7. The van der Waals surface area contributed by atoms with E-state index < -0.39 is 11.8 Å². The maximum absolute atomic E-state index is 13.8. The number of carbonyl (C=O) groups excluding carboxylic acids is 2. The number of benzene rings is 3. The van der Waals surface area contributed by atoms with Crippen LogP contribution >= 0.6 is 11.7 Å². The molecule has 1 aliphatic heterocycles. The normalized spacial score (nSPS) is 12.9. The Hall–Kier alpha value is -3.24. The van der Waals surface area contributed by atoms with E-state index in [0.29, 0.717) is 47.1 Å². The third-order valence-corrected chi connectivity index (χ3v) is 6.22. The Kier molecular flexibility index (Phi) is 8.05. The second-order valence-corrected chi connectivity index (χ2v) is 8.35. The maximum atomic E-state index is 13.8. The standard InChI is InChI=1S/C26H20N2O6S.Na/c1-32-18-6-2-15(3-7-18)12-19(25(29)17-5-9-22-23(14-17)34-11-10-33-22)24(26(30)31)16-4-8-20-21(13-16)28-35-27-20;/h2-9,13-14H,10-12H2,1H3,(H,30,31);/q;+1/p-1. The molecule has 36 heavy (non-hydrogen) atoms. The van der Waals surface area contributed by atoms with E-state index in [-0.39, 0.29) is 52.7 Å². The summed E-state index contributed by atoms with van der Waals surface area (Å²) in [6, 6.07) is 16.8.